The molecule has 1 aliphatic rings. The summed E-state index contributed by atoms with van der Waals surface area (Å²) in [7, 11) is 0. The first kappa shape index (κ1) is 15.1. The average molecular weight is 320 g/mol. The quantitative estimate of drug-likeness (QED) is 0.872. The van der Waals surface area contributed by atoms with Gasteiger partial charge in [-0.2, -0.15) is 4.99 Å². The predicted molar refractivity (Wildman–Crippen MR) is 81.9 cm³/mol. The van der Waals surface area contributed by atoms with Crippen molar-refractivity contribution in [1.29, 1.82) is 0 Å². The summed E-state index contributed by atoms with van der Waals surface area (Å²) in [5.41, 5.74) is 0.584. The third kappa shape index (κ3) is 3.51. The summed E-state index contributed by atoms with van der Waals surface area (Å²) in [4.78, 5) is 17.1. The summed E-state index contributed by atoms with van der Waals surface area (Å²) in [5.74, 6) is -0.409. The summed E-state index contributed by atoms with van der Waals surface area (Å²) < 4.78 is 20.8. The molecule has 0 bridgehead atoms. The van der Waals surface area contributed by atoms with Crippen LogP contribution in [0.2, 0.25) is 0 Å². The van der Waals surface area contributed by atoms with Gasteiger partial charge in [0.15, 0.2) is 4.80 Å². The number of halogens is 1. The van der Waals surface area contributed by atoms with Crippen LogP contribution in [0.5, 0.6) is 0 Å². The van der Waals surface area contributed by atoms with E-state index in [2.05, 4.69) is 4.99 Å². The van der Waals surface area contributed by atoms with Crippen LogP contribution < -0.4 is 4.80 Å². The van der Waals surface area contributed by atoms with Crippen molar-refractivity contribution < 1.29 is 13.9 Å². The molecule has 22 heavy (non-hydrogen) atoms. The van der Waals surface area contributed by atoms with E-state index in [1.165, 1.54) is 17.4 Å². The zero-order valence-electron chi connectivity index (χ0n) is 12.1. The first-order valence-electron chi connectivity index (χ1n) is 7.27. The van der Waals surface area contributed by atoms with Crippen molar-refractivity contribution >= 4 is 17.2 Å². The largest absolute Gasteiger partial charge is 0.381 e. The summed E-state index contributed by atoms with van der Waals surface area (Å²) >= 11 is 1.39. The van der Waals surface area contributed by atoms with E-state index in [-0.39, 0.29) is 17.6 Å². The van der Waals surface area contributed by atoms with Gasteiger partial charge < -0.3 is 9.30 Å². The molecular formula is C16H17FN2O2S. The Balaban J connectivity index is 1.81. The Labute approximate surface area is 131 Å². The molecule has 1 aliphatic heterocycles. The zero-order valence-corrected chi connectivity index (χ0v) is 12.9. The van der Waals surface area contributed by atoms with Crippen molar-refractivity contribution in [2.45, 2.75) is 19.4 Å². The molecule has 4 nitrogen and oxygen atoms in total. The molecule has 2 aromatic rings. The lowest BCUT2D eigenvalue weighted by Gasteiger charge is -2.18. The minimum Gasteiger partial charge on any atom is -0.381 e. The first-order valence-corrected chi connectivity index (χ1v) is 8.15. The zero-order chi connectivity index (χ0) is 15.4. The molecule has 0 radical (unpaired) electrons. The molecule has 0 spiro atoms. The van der Waals surface area contributed by atoms with Crippen LogP contribution in [0, 0.1) is 11.7 Å². The molecule has 0 N–H and O–H groups in total. The molecule has 0 unspecified atom stereocenters. The highest BCUT2D eigenvalue weighted by molar-refractivity contribution is 7.07. The standard InChI is InChI=1S/C16H17FN2O2S/c17-14-4-2-1-3-13(14)11-19-7-10-22-16(19)18-15(20)12-5-8-21-9-6-12/h1-4,7,10,12H,5-6,8-9,11H2. The summed E-state index contributed by atoms with van der Waals surface area (Å²) in [6.07, 6.45) is 3.27. The minimum atomic E-state index is -0.247. The number of amides is 1. The first-order chi connectivity index (χ1) is 10.7. The van der Waals surface area contributed by atoms with E-state index in [9.17, 15) is 9.18 Å². The number of carbonyl (C=O) groups excluding carboxylic acids is 1. The van der Waals surface area contributed by atoms with Gasteiger partial charge in [-0.1, -0.05) is 18.2 Å². The van der Waals surface area contributed by atoms with Crippen LogP contribution in [0.3, 0.4) is 0 Å². The van der Waals surface area contributed by atoms with Crippen LogP contribution in [-0.4, -0.2) is 23.7 Å². The lowest BCUT2D eigenvalue weighted by molar-refractivity contribution is -0.124. The maximum atomic E-state index is 13.7. The molecule has 0 atom stereocenters. The van der Waals surface area contributed by atoms with Gasteiger partial charge in [0.2, 0.25) is 0 Å². The highest BCUT2D eigenvalue weighted by Gasteiger charge is 2.21. The molecule has 1 saturated heterocycles. The number of aromatic nitrogens is 1. The second-order valence-electron chi connectivity index (χ2n) is 5.24. The summed E-state index contributed by atoms with van der Waals surface area (Å²) in [6.45, 7) is 1.60. The fourth-order valence-corrected chi connectivity index (χ4v) is 3.18. The Morgan fingerprint density at radius 3 is 2.91 bits per heavy atom. The number of hydrogen-bond donors (Lipinski definition) is 0. The fraction of sp³-hybridized carbons (Fsp3) is 0.375. The Hall–Kier alpha value is -1.79. The molecule has 1 aromatic carbocycles. The van der Waals surface area contributed by atoms with Crippen LogP contribution in [0.4, 0.5) is 4.39 Å². The highest BCUT2D eigenvalue weighted by Crippen LogP contribution is 2.16. The number of benzene rings is 1. The molecule has 0 aliphatic carbocycles. The molecule has 2 heterocycles. The van der Waals surface area contributed by atoms with E-state index >= 15 is 0 Å². The summed E-state index contributed by atoms with van der Waals surface area (Å²) in [6, 6.07) is 6.64. The Kier molecular flexibility index (Phi) is 4.80. The number of nitrogens with zero attached hydrogens (tertiary/aromatic N) is 2. The predicted octanol–water partition coefficient (Wildman–Crippen LogP) is 2.59. The van der Waals surface area contributed by atoms with Gasteiger partial charge in [0, 0.05) is 36.3 Å². The smallest absolute Gasteiger partial charge is 0.251 e. The van der Waals surface area contributed by atoms with Gasteiger partial charge in [-0.3, -0.25) is 4.79 Å². The third-order valence-corrected chi connectivity index (χ3v) is 4.53. The van der Waals surface area contributed by atoms with Gasteiger partial charge >= 0.3 is 0 Å². The highest BCUT2D eigenvalue weighted by atomic mass is 32.1. The van der Waals surface area contributed by atoms with E-state index in [0.717, 1.165) is 12.8 Å². The number of carbonyl (C=O) groups is 1. The van der Waals surface area contributed by atoms with E-state index in [1.54, 1.807) is 22.8 Å². The van der Waals surface area contributed by atoms with E-state index in [0.29, 0.717) is 30.1 Å². The molecule has 3 rings (SSSR count). The lowest BCUT2D eigenvalue weighted by atomic mass is 10.00. The number of ether oxygens (including phenoxy) is 1. The monoisotopic (exact) mass is 320 g/mol. The molecule has 0 saturated carbocycles. The maximum absolute atomic E-state index is 13.7. The summed E-state index contributed by atoms with van der Waals surface area (Å²) in [5, 5.41) is 1.86. The van der Waals surface area contributed by atoms with Gasteiger partial charge in [0.1, 0.15) is 5.82 Å². The number of hydrogen-bond acceptors (Lipinski definition) is 3. The Morgan fingerprint density at radius 1 is 1.36 bits per heavy atom. The normalized spacial score (nSPS) is 16.9. The second kappa shape index (κ2) is 6.98. The molecule has 1 aromatic heterocycles. The van der Waals surface area contributed by atoms with Crippen molar-refractivity contribution in [1.82, 2.24) is 4.57 Å². The van der Waals surface area contributed by atoms with Crippen LogP contribution in [0.25, 0.3) is 0 Å². The molecule has 1 amide bonds. The van der Waals surface area contributed by atoms with Gasteiger partial charge in [-0.25, -0.2) is 4.39 Å². The van der Waals surface area contributed by atoms with Crippen LogP contribution in [0.1, 0.15) is 18.4 Å². The van der Waals surface area contributed by atoms with Crippen LogP contribution in [0.15, 0.2) is 40.8 Å². The Morgan fingerprint density at radius 2 is 2.14 bits per heavy atom. The van der Waals surface area contributed by atoms with Gasteiger partial charge in [-0.15, -0.1) is 11.3 Å². The SMILES string of the molecule is O=C(N=c1sccn1Cc1ccccc1F)C1CCOCC1. The fourth-order valence-electron chi connectivity index (χ4n) is 2.45. The molecule has 6 heteroatoms. The van der Waals surface area contributed by atoms with Gasteiger partial charge in [-0.05, 0) is 18.9 Å². The van der Waals surface area contributed by atoms with Gasteiger partial charge in [0.25, 0.3) is 5.91 Å². The van der Waals surface area contributed by atoms with Gasteiger partial charge in [0.05, 0.1) is 6.54 Å². The number of thiazole rings is 1. The maximum Gasteiger partial charge on any atom is 0.251 e. The van der Waals surface area contributed by atoms with E-state index < -0.39 is 0 Å². The second-order valence-corrected chi connectivity index (χ2v) is 6.11. The number of rotatable bonds is 3. The molecular weight excluding hydrogens is 303 g/mol. The lowest BCUT2D eigenvalue weighted by Crippen LogP contribution is -2.25. The van der Waals surface area contributed by atoms with Crippen molar-refractivity contribution in [3.8, 4) is 0 Å². The van der Waals surface area contributed by atoms with Crippen molar-refractivity contribution in [2.24, 2.45) is 10.9 Å². The van der Waals surface area contributed by atoms with E-state index in [4.69, 9.17) is 4.74 Å². The van der Waals surface area contributed by atoms with Crippen molar-refractivity contribution in [3.63, 3.8) is 0 Å². The third-order valence-electron chi connectivity index (χ3n) is 3.73. The van der Waals surface area contributed by atoms with Crippen LogP contribution in [-0.2, 0) is 16.1 Å². The van der Waals surface area contributed by atoms with Crippen LogP contribution >= 0.6 is 11.3 Å². The van der Waals surface area contributed by atoms with Crippen molar-refractivity contribution in [2.75, 3.05) is 13.2 Å². The topological polar surface area (TPSA) is 43.6 Å². The molecule has 116 valence electrons. The Bertz CT molecular complexity index is 717. The van der Waals surface area contributed by atoms with E-state index in [1.807, 2.05) is 11.6 Å². The average Bonchev–Trinajstić information content (AvgIpc) is 2.97. The van der Waals surface area contributed by atoms with Crippen molar-refractivity contribution in [3.05, 3.63) is 52.0 Å². The molecule has 1 fully saturated rings. The minimum absolute atomic E-state index is 0.0576.